The molecule has 0 bridgehead atoms. The Morgan fingerprint density at radius 1 is 1.25 bits per heavy atom. The van der Waals surface area contributed by atoms with Gasteiger partial charge in [-0.15, -0.1) is 11.3 Å². The minimum atomic E-state index is 0.561. The number of hydrogen-bond donors (Lipinski definition) is 1. The van der Waals surface area contributed by atoms with E-state index in [0.29, 0.717) is 5.17 Å². The minimum Gasteiger partial charge on any atom is -0.271 e. The van der Waals surface area contributed by atoms with E-state index in [4.69, 9.17) is 10.2 Å². The Labute approximate surface area is 148 Å². The maximum atomic E-state index is 8.72. The summed E-state index contributed by atoms with van der Waals surface area (Å²) >= 11 is 2.98. The van der Waals surface area contributed by atoms with Crippen molar-refractivity contribution in [2.24, 2.45) is 4.99 Å². The molecule has 1 N–H and O–H groups in total. The van der Waals surface area contributed by atoms with Crippen LogP contribution in [0.5, 0.6) is 0 Å². The van der Waals surface area contributed by atoms with E-state index in [9.17, 15) is 0 Å². The molecule has 0 amide bonds. The number of hydrogen-bond acceptors (Lipinski definition) is 6. The second kappa shape index (κ2) is 7.73. The average molecular weight is 351 g/mol. The first kappa shape index (κ1) is 16.2. The molecule has 0 aliphatic carbocycles. The van der Waals surface area contributed by atoms with Crippen LogP contribution in [-0.4, -0.2) is 21.4 Å². The molecule has 0 saturated heterocycles. The molecule has 3 rings (SSSR count). The highest BCUT2D eigenvalue weighted by molar-refractivity contribution is 8.13. The largest absolute Gasteiger partial charge is 0.271 e. The summed E-state index contributed by atoms with van der Waals surface area (Å²) in [5.41, 5.74) is 3.76. The van der Waals surface area contributed by atoms with Crippen molar-refractivity contribution in [2.75, 3.05) is 6.26 Å². The van der Waals surface area contributed by atoms with Gasteiger partial charge in [0.05, 0.1) is 11.4 Å². The summed E-state index contributed by atoms with van der Waals surface area (Å²) in [6.07, 6.45) is 7.28. The summed E-state index contributed by atoms with van der Waals surface area (Å²) in [6.45, 7) is 0. The van der Waals surface area contributed by atoms with Gasteiger partial charge in [-0.05, 0) is 30.5 Å². The molecule has 2 heterocycles. The molecule has 0 unspecified atom stereocenters. The van der Waals surface area contributed by atoms with Crippen LogP contribution in [0.4, 0.5) is 5.69 Å². The predicted octanol–water partition coefficient (Wildman–Crippen LogP) is 4.29. The molecule has 0 spiro atoms. The van der Waals surface area contributed by atoms with Gasteiger partial charge in [-0.3, -0.25) is 10.3 Å². The number of nitrogens with one attached hydrogen (secondary N) is 1. The quantitative estimate of drug-likeness (QED) is 0.330. The Morgan fingerprint density at radius 3 is 2.83 bits per heavy atom. The lowest BCUT2D eigenvalue weighted by molar-refractivity contribution is 1.28. The zero-order valence-electron chi connectivity index (χ0n) is 12.8. The molecule has 5 nitrogen and oxygen atoms in total. The molecule has 0 fully saturated rings. The molecule has 0 atom stereocenters. The van der Waals surface area contributed by atoms with E-state index >= 15 is 0 Å². The predicted molar refractivity (Wildman–Crippen MR) is 100 cm³/mol. The molecule has 1 aromatic carbocycles. The van der Waals surface area contributed by atoms with Gasteiger partial charge in [-0.25, -0.2) is 9.98 Å². The van der Waals surface area contributed by atoms with Crippen LogP contribution in [0, 0.1) is 11.5 Å². The Balaban J connectivity index is 1.90. The molecule has 2 aromatic heterocycles. The van der Waals surface area contributed by atoms with E-state index in [1.54, 1.807) is 23.7 Å². The highest BCUT2D eigenvalue weighted by Gasteiger charge is 2.07. The molecule has 0 aliphatic rings. The number of thioether (sulfide) groups is 1. The normalized spacial score (nSPS) is 11.1. The van der Waals surface area contributed by atoms with Crippen LogP contribution in [0.1, 0.15) is 0 Å². The molecule has 0 aliphatic heterocycles. The number of aromatic nitrogens is 2. The Kier molecular flexibility index (Phi) is 5.21. The third-order valence-electron chi connectivity index (χ3n) is 3.16. The molecular formula is C17H13N5S2. The molecule has 118 valence electrons. The van der Waals surface area contributed by atoms with Crippen molar-refractivity contribution in [1.29, 1.82) is 5.26 Å². The van der Waals surface area contributed by atoms with E-state index in [-0.39, 0.29) is 0 Å². The van der Waals surface area contributed by atoms with Gasteiger partial charge in [0.1, 0.15) is 5.01 Å². The molecule has 3 aromatic rings. The SMILES string of the molecule is CSC(=Nc1cccc(-c2nc(-c3ccncc3)cs2)c1)NC#N. The van der Waals surface area contributed by atoms with Crippen LogP contribution >= 0.6 is 23.1 Å². The van der Waals surface area contributed by atoms with Crippen molar-refractivity contribution in [1.82, 2.24) is 15.3 Å². The number of nitrogens with zero attached hydrogens (tertiary/aromatic N) is 4. The summed E-state index contributed by atoms with van der Waals surface area (Å²) in [5, 5.41) is 14.8. The lowest BCUT2D eigenvalue weighted by Crippen LogP contribution is -2.12. The number of pyridine rings is 1. The summed E-state index contributed by atoms with van der Waals surface area (Å²) in [5.74, 6) is 0. The van der Waals surface area contributed by atoms with Crippen molar-refractivity contribution in [3.63, 3.8) is 0 Å². The zero-order valence-corrected chi connectivity index (χ0v) is 14.4. The third kappa shape index (κ3) is 3.79. The van der Waals surface area contributed by atoms with Crippen LogP contribution in [0.25, 0.3) is 21.8 Å². The number of thiazole rings is 1. The van der Waals surface area contributed by atoms with Crippen LogP contribution in [0.2, 0.25) is 0 Å². The minimum absolute atomic E-state index is 0.561. The van der Waals surface area contributed by atoms with Gasteiger partial charge in [-0.2, -0.15) is 5.26 Å². The first-order valence-electron chi connectivity index (χ1n) is 7.04. The standard InChI is InChI=1S/C17H13N5S2/c1-23-17(20-11-18)21-14-4-2-3-13(9-14)16-22-15(10-24-16)12-5-7-19-8-6-12/h2-10H,1H3,(H,20,21). The monoisotopic (exact) mass is 351 g/mol. The van der Waals surface area contributed by atoms with E-state index in [0.717, 1.165) is 27.5 Å². The fraction of sp³-hybridized carbons (Fsp3) is 0.0588. The zero-order chi connectivity index (χ0) is 16.8. The second-order valence-corrected chi connectivity index (χ2v) is 6.34. The molecular weight excluding hydrogens is 338 g/mol. The van der Waals surface area contributed by atoms with Gasteiger partial charge in [0.25, 0.3) is 0 Å². The summed E-state index contributed by atoms with van der Waals surface area (Å²) in [6, 6.07) is 11.7. The third-order valence-corrected chi connectivity index (χ3v) is 4.63. The first-order chi connectivity index (χ1) is 11.8. The second-order valence-electron chi connectivity index (χ2n) is 4.68. The maximum Gasteiger partial charge on any atom is 0.183 e. The Hall–Kier alpha value is -2.69. The number of benzene rings is 1. The average Bonchev–Trinajstić information content (AvgIpc) is 3.12. The fourth-order valence-electron chi connectivity index (χ4n) is 2.06. The highest BCUT2D eigenvalue weighted by atomic mass is 32.2. The summed E-state index contributed by atoms with van der Waals surface area (Å²) in [4.78, 5) is 13.2. The number of rotatable bonds is 3. The smallest absolute Gasteiger partial charge is 0.183 e. The lowest BCUT2D eigenvalue weighted by Gasteiger charge is -2.02. The van der Waals surface area contributed by atoms with E-state index in [1.807, 2.05) is 54.2 Å². The molecule has 0 saturated carbocycles. The van der Waals surface area contributed by atoms with Gasteiger partial charge < -0.3 is 0 Å². The van der Waals surface area contributed by atoms with Crippen LogP contribution in [0.3, 0.4) is 0 Å². The topological polar surface area (TPSA) is 74.0 Å². The Bertz CT molecular complexity index is 897. The van der Waals surface area contributed by atoms with Gasteiger partial charge in [0.15, 0.2) is 11.4 Å². The number of nitriles is 1. The van der Waals surface area contributed by atoms with Crippen molar-refractivity contribution < 1.29 is 0 Å². The fourth-order valence-corrected chi connectivity index (χ4v) is 3.23. The van der Waals surface area contributed by atoms with Gasteiger partial charge in [0.2, 0.25) is 0 Å². The van der Waals surface area contributed by atoms with E-state index in [2.05, 4.69) is 15.3 Å². The highest BCUT2D eigenvalue weighted by Crippen LogP contribution is 2.30. The summed E-state index contributed by atoms with van der Waals surface area (Å²) in [7, 11) is 0. The number of aliphatic imine (C=N–C) groups is 1. The van der Waals surface area contributed by atoms with Crippen LogP contribution in [0.15, 0.2) is 59.2 Å². The van der Waals surface area contributed by atoms with Gasteiger partial charge in [-0.1, -0.05) is 23.9 Å². The molecule has 24 heavy (non-hydrogen) atoms. The van der Waals surface area contributed by atoms with Crippen LogP contribution in [-0.2, 0) is 0 Å². The van der Waals surface area contributed by atoms with Gasteiger partial charge >= 0.3 is 0 Å². The first-order valence-corrected chi connectivity index (χ1v) is 9.15. The molecule has 0 radical (unpaired) electrons. The van der Waals surface area contributed by atoms with Crippen LogP contribution < -0.4 is 5.32 Å². The van der Waals surface area contributed by atoms with Crippen molar-refractivity contribution in [3.05, 3.63) is 54.2 Å². The maximum absolute atomic E-state index is 8.72. The van der Waals surface area contributed by atoms with Crippen molar-refractivity contribution in [3.8, 4) is 28.0 Å². The lowest BCUT2D eigenvalue weighted by atomic mass is 10.2. The van der Waals surface area contributed by atoms with Crippen molar-refractivity contribution in [2.45, 2.75) is 0 Å². The van der Waals surface area contributed by atoms with Crippen molar-refractivity contribution >= 4 is 34.0 Å². The molecule has 7 heteroatoms. The Morgan fingerprint density at radius 2 is 2.08 bits per heavy atom. The number of amidine groups is 1. The van der Waals surface area contributed by atoms with Gasteiger partial charge in [0, 0.05) is 28.9 Å². The van der Waals surface area contributed by atoms with E-state index < -0.39 is 0 Å². The summed E-state index contributed by atoms with van der Waals surface area (Å²) < 4.78 is 0. The van der Waals surface area contributed by atoms with E-state index in [1.165, 1.54) is 11.8 Å².